The van der Waals surface area contributed by atoms with Crippen LogP contribution in [-0.4, -0.2) is 62.5 Å². The first-order chi connectivity index (χ1) is 7.73. The molecule has 0 aromatic carbocycles. The van der Waals surface area contributed by atoms with Gasteiger partial charge in [0.2, 0.25) is 0 Å². The van der Waals surface area contributed by atoms with Crippen molar-refractivity contribution >= 4 is 0 Å². The number of ether oxygens (including phenoxy) is 2. The number of hydrogen-bond donors (Lipinski definition) is 1. The zero-order chi connectivity index (χ0) is 11.4. The summed E-state index contributed by atoms with van der Waals surface area (Å²) in [7, 11) is 0. The molecule has 0 radical (unpaired) electrons. The third kappa shape index (κ3) is 2.94. The van der Waals surface area contributed by atoms with Crippen LogP contribution >= 0.6 is 0 Å². The van der Waals surface area contributed by atoms with Gasteiger partial charge in [-0.15, -0.1) is 0 Å². The molecule has 1 atom stereocenters. The fraction of sp³-hybridized carbons (Fsp3) is 1.00. The molecule has 0 amide bonds. The Morgan fingerprint density at radius 1 is 1.50 bits per heavy atom. The Morgan fingerprint density at radius 3 is 2.94 bits per heavy atom. The molecule has 0 aromatic rings. The van der Waals surface area contributed by atoms with Gasteiger partial charge in [0.25, 0.3) is 0 Å². The Bertz CT molecular complexity index is 219. The van der Waals surface area contributed by atoms with E-state index in [2.05, 4.69) is 24.1 Å². The van der Waals surface area contributed by atoms with Gasteiger partial charge in [-0.2, -0.15) is 0 Å². The Balaban J connectivity index is 1.67. The summed E-state index contributed by atoms with van der Waals surface area (Å²) in [6, 6.07) is 0.588. The third-order valence-corrected chi connectivity index (χ3v) is 3.65. The van der Waals surface area contributed by atoms with Crippen LogP contribution in [0.15, 0.2) is 0 Å². The Labute approximate surface area is 98.3 Å². The summed E-state index contributed by atoms with van der Waals surface area (Å²) in [5.41, 5.74) is 0.0913. The molecule has 2 rings (SSSR count). The highest BCUT2D eigenvalue weighted by atomic mass is 16.5. The SMILES string of the molecule is CCC1COCCN1CCOC1(C)CNC1. The number of nitrogens with zero attached hydrogens (tertiary/aromatic N) is 1. The van der Waals surface area contributed by atoms with Crippen molar-refractivity contribution in [3.8, 4) is 0 Å². The van der Waals surface area contributed by atoms with Gasteiger partial charge in [0, 0.05) is 32.2 Å². The summed E-state index contributed by atoms with van der Waals surface area (Å²) in [5.74, 6) is 0. The van der Waals surface area contributed by atoms with E-state index in [4.69, 9.17) is 9.47 Å². The van der Waals surface area contributed by atoms with Crippen LogP contribution in [0.25, 0.3) is 0 Å². The first kappa shape index (κ1) is 12.3. The molecule has 94 valence electrons. The molecule has 0 saturated carbocycles. The second-order valence-corrected chi connectivity index (χ2v) is 5.07. The molecule has 4 heteroatoms. The fourth-order valence-electron chi connectivity index (χ4n) is 2.35. The van der Waals surface area contributed by atoms with Gasteiger partial charge in [-0.05, 0) is 13.3 Å². The summed E-state index contributed by atoms with van der Waals surface area (Å²) in [5, 5.41) is 3.25. The smallest absolute Gasteiger partial charge is 0.0902 e. The molecule has 2 aliphatic heterocycles. The lowest BCUT2D eigenvalue weighted by Gasteiger charge is -2.40. The molecule has 2 saturated heterocycles. The topological polar surface area (TPSA) is 33.7 Å². The predicted molar refractivity (Wildman–Crippen MR) is 63.7 cm³/mol. The monoisotopic (exact) mass is 228 g/mol. The molecule has 2 fully saturated rings. The zero-order valence-electron chi connectivity index (χ0n) is 10.5. The van der Waals surface area contributed by atoms with Crippen LogP contribution < -0.4 is 5.32 Å². The van der Waals surface area contributed by atoms with Crippen molar-refractivity contribution in [3.63, 3.8) is 0 Å². The molecule has 0 aromatic heterocycles. The first-order valence-corrected chi connectivity index (χ1v) is 6.40. The van der Waals surface area contributed by atoms with E-state index in [1.165, 1.54) is 6.42 Å². The van der Waals surface area contributed by atoms with Gasteiger partial charge < -0.3 is 14.8 Å². The van der Waals surface area contributed by atoms with Crippen molar-refractivity contribution in [3.05, 3.63) is 0 Å². The fourth-order valence-corrected chi connectivity index (χ4v) is 2.35. The van der Waals surface area contributed by atoms with Crippen LogP contribution in [0.2, 0.25) is 0 Å². The molecule has 0 spiro atoms. The van der Waals surface area contributed by atoms with E-state index in [-0.39, 0.29) is 5.60 Å². The van der Waals surface area contributed by atoms with Crippen LogP contribution in [0, 0.1) is 0 Å². The van der Waals surface area contributed by atoms with Crippen LogP contribution in [0.3, 0.4) is 0 Å². The van der Waals surface area contributed by atoms with Gasteiger partial charge in [0.1, 0.15) is 0 Å². The number of hydrogen-bond acceptors (Lipinski definition) is 4. The van der Waals surface area contributed by atoms with Crippen molar-refractivity contribution in [1.29, 1.82) is 0 Å². The van der Waals surface area contributed by atoms with Crippen LogP contribution in [0.5, 0.6) is 0 Å². The highest BCUT2D eigenvalue weighted by molar-refractivity contribution is 4.90. The summed E-state index contributed by atoms with van der Waals surface area (Å²) in [4.78, 5) is 2.50. The maximum Gasteiger partial charge on any atom is 0.0902 e. The van der Waals surface area contributed by atoms with E-state index >= 15 is 0 Å². The average molecular weight is 228 g/mol. The van der Waals surface area contributed by atoms with Crippen molar-refractivity contribution < 1.29 is 9.47 Å². The zero-order valence-corrected chi connectivity index (χ0v) is 10.5. The van der Waals surface area contributed by atoms with Gasteiger partial charge in [0.15, 0.2) is 0 Å². The van der Waals surface area contributed by atoms with Crippen molar-refractivity contribution in [2.24, 2.45) is 0 Å². The third-order valence-electron chi connectivity index (χ3n) is 3.65. The van der Waals surface area contributed by atoms with Gasteiger partial charge in [-0.25, -0.2) is 0 Å². The Hall–Kier alpha value is -0.160. The lowest BCUT2D eigenvalue weighted by molar-refractivity contribution is -0.0850. The lowest BCUT2D eigenvalue weighted by atomic mass is 10.0. The summed E-state index contributed by atoms with van der Waals surface area (Å²) < 4.78 is 11.4. The van der Waals surface area contributed by atoms with Crippen molar-refractivity contribution in [1.82, 2.24) is 10.2 Å². The van der Waals surface area contributed by atoms with Crippen LogP contribution in [-0.2, 0) is 9.47 Å². The minimum Gasteiger partial charge on any atom is -0.378 e. The Kier molecular flexibility index (Phi) is 4.19. The largest absolute Gasteiger partial charge is 0.378 e. The molecular weight excluding hydrogens is 204 g/mol. The second-order valence-electron chi connectivity index (χ2n) is 5.07. The maximum atomic E-state index is 5.92. The molecular formula is C12H24N2O2. The van der Waals surface area contributed by atoms with Gasteiger partial charge >= 0.3 is 0 Å². The molecule has 0 bridgehead atoms. The van der Waals surface area contributed by atoms with E-state index in [0.29, 0.717) is 6.04 Å². The predicted octanol–water partition coefficient (Wildman–Crippen LogP) is 0.476. The van der Waals surface area contributed by atoms with Gasteiger partial charge in [0.05, 0.1) is 25.4 Å². The standard InChI is InChI=1S/C12H24N2O2/c1-3-11-8-15-6-4-14(11)5-7-16-12(2)9-13-10-12/h11,13H,3-10H2,1-2H3. The van der Waals surface area contributed by atoms with Crippen molar-refractivity contribution in [2.75, 3.05) is 46.0 Å². The normalized spacial score (nSPS) is 30.0. The minimum atomic E-state index is 0.0913. The molecule has 2 aliphatic rings. The maximum absolute atomic E-state index is 5.92. The second kappa shape index (κ2) is 5.45. The molecule has 4 nitrogen and oxygen atoms in total. The van der Waals surface area contributed by atoms with E-state index < -0.39 is 0 Å². The quantitative estimate of drug-likeness (QED) is 0.742. The first-order valence-electron chi connectivity index (χ1n) is 6.40. The number of morpholine rings is 1. The summed E-state index contributed by atoms with van der Waals surface area (Å²) in [6.45, 7) is 11.1. The summed E-state index contributed by atoms with van der Waals surface area (Å²) >= 11 is 0. The van der Waals surface area contributed by atoms with E-state index in [1.54, 1.807) is 0 Å². The van der Waals surface area contributed by atoms with E-state index in [9.17, 15) is 0 Å². The number of nitrogens with one attached hydrogen (secondary N) is 1. The van der Waals surface area contributed by atoms with Gasteiger partial charge in [-0.3, -0.25) is 4.90 Å². The van der Waals surface area contributed by atoms with Crippen molar-refractivity contribution in [2.45, 2.75) is 31.9 Å². The minimum absolute atomic E-state index is 0.0913. The van der Waals surface area contributed by atoms with E-state index in [1.807, 2.05) is 0 Å². The lowest BCUT2D eigenvalue weighted by Crippen LogP contribution is -2.59. The molecule has 1 unspecified atom stereocenters. The molecule has 1 N–H and O–H groups in total. The number of rotatable bonds is 5. The average Bonchev–Trinajstić information content (AvgIpc) is 2.27. The van der Waals surface area contributed by atoms with E-state index in [0.717, 1.165) is 46.0 Å². The highest BCUT2D eigenvalue weighted by Gasteiger charge is 2.32. The van der Waals surface area contributed by atoms with Crippen LogP contribution in [0.1, 0.15) is 20.3 Å². The highest BCUT2D eigenvalue weighted by Crippen LogP contribution is 2.16. The Morgan fingerprint density at radius 2 is 2.31 bits per heavy atom. The summed E-state index contributed by atoms with van der Waals surface area (Å²) in [6.07, 6.45) is 1.17. The van der Waals surface area contributed by atoms with Crippen LogP contribution in [0.4, 0.5) is 0 Å². The molecule has 0 aliphatic carbocycles. The molecule has 16 heavy (non-hydrogen) atoms. The molecule has 2 heterocycles. The van der Waals surface area contributed by atoms with Gasteiger partial charge in [-0.1, -0.05) is 6.92 Å².